The summed E-state index contributed by atoms with van der Waals surface area (Å²) >= 11 is 0. The van der Waals surface area contributed by atoms with Crippen LogP contribution in [-0.2, 0) is 11.3 Å². The summed E-state index contributed by atoms with van der Waals surface area (Å²) in [5.41, 5.74) is 6.09. The van der Waals surface area contributed by atoms with Crippen LogP contribution in [0.3, 0.4) is 0 Å². The number of rotatable bonds is 4. The molecular formula is C13H19FN2O. The van der Waals surface area contributed by atoms with Gasteiger partial charge in [0.15, 0.2) is 0 Å². The molecule has 4 heteroatoms. The molecule has 0 radical (unpaired) electrons. The van der Waals surface area contributed by atoms with Gasteiger partial charge in [0.2, 0.25) is 5.91 Å². The van der Waals surface area contributed by atoms with Gasteiger partial charge in [0.25, 0.3) is 0 Å². The number of hydrogen-bond donors (Lipinski definition) is 1. The molecule has 1 atom stereocenters. The minimum absolute atomic E-state index is 0.00638. The predicted molar refractivity (Wildman–Crippen MR) is 65.7 cm³/mol. The number of hydrogen-bond acceptors (Lipinski definition) is 2. The molecule has 2 N–H and O–H groups in total. The Morgan fingerprint density at radius 3 is 2.41 bits per heavy atom. The van der Waals surface area contributed by atoms with E-state index in [-0.39, 0.29) is 24.3 Å². The molecule has 0 spiro atoms. The van der Waals surface area contributed by atoms with E-state index in [1.54, 1.807) is 30.0 Å². The van der Waals surface area contributed by atoms with Crippen LogP contribution in [0.5, 0.6) is 0 Å². The topological polar surface area (TPSA) is 46.3 Å². The molecule has 3 nitrogen and oxygen atoms in total. The molecular weight excluding hydrogens is 219 g/mol. The molecule has 1 rings (SSSR count). The van der Waals surface area contributed by atoms with Crippen molar-refractivity contribution in [3.63, 3.8) is 0 Å². The normalized spacial score (nSPS) is 12.6. The SMILES string of the molecule is CC(N)C(=O)N(Cc1ccccc1F)C(C)C. The fraction of sp³-hybridized carbons (Fsp3) is 0.462. The van der Waals surface area contributed by atoms with Gasteiger partial charge in [-0.05, 0) is 26.8 Å². The third-order valence-electron chi connectivity index (χ3n) is 2.59. The van der Waals surface area contributed by atoms with Gasteiger partial charge in [0, 0.05) is 18.2 Å². The summed E-state index contributed by atoms with van der Waals surface area (Å²) in [6.07, 6.45) is 0. The molecule has 1 amide bonds. The summed E-state index contributed by atoms with van der Waals surface area (Å²) in [7, 11) is 0. The van der Waals surface area contributed by atoms with Crippen LogP contribution in [0, 0.1) is 5.82 Å². The van der Waals surface area contributed by atoms with Crippen LogP contribution in [0.1, 0.15) is 26.3 Å². The van der Waals surface area contributed by atoms with E-state index in [1.807, 2.05) is 13.8 Å². The molecule has 94 valence electrons. The number of benzene rings is 1. The van der Waals surface area contributed by atoms with Gasteiger partial charge in [-0.1, -0.05) is 18.2 Å². The van der Waals surface area contributed by atoms with Crippen LogP contribution in [0.2, 0.25) is 0 Å². The third-order valence-corrected chi connectivity index (χ3v) is 2.59. The highest BCUT2D eigenvalue weighted by atomic mass is 19.1. The van der Waals surface area contributed by atoms with Gasteiger partial charge in [0.1, 0.15) is 5.82 Å². The summed E-state index contributed by atoms with van der Waals surface area (Å²) < 4.78 is 13.5. The van der Waals surface area contributed by atoms with Crippen LogP contribution in [0.4, 0.5) is 4.39 Å². The first-order valence-electron chi connectivity index (χ1n) is 5.73. The molecule has 0 saturated heterocycles. The lowest BCUT2D eigenvalue weighted by Gasteiger charge is -2.28. The van der Waals surface area contributed by atoms with E-state index in [0.717, 1.165) is 0 Å². The summed E-state index contributed by atoms with van der Waals surface area (Å²) in [6, 6.07) is 5.89. The molecule has 0 aliphatic rings. The number of carbonyl (C=O) groups excluding carboxylic acids is 1. The fourth-order valence-electron chi connectivity index (χ4n) is 1.59. The average molecular weight is 238 g/mol. The Hall–Kier alpha value is -1.42. The van der Waals surface area contributed by atoms with Gasteiger partial charge in [-0.3, -0.25) is 4.79 Å². The minimum atomic E-state index is -0.566. The van der Waals surface area contributed by atoms with Crippen molar-refractivity contribution in [3.05, 3.63) is 35.6 Å². The Labute approximate surface area is 101 Å². The zero-order valence-corrected chi connectivity index (χ0v) is 10.5. The van der Waals surface area contributed by atoms with E-state index in [1.165, 1.54) is 6.07 Å². The van der Waals surface area contributed by atoms with Gasteiger partial charge in [-0.2, -0.15) is 0 Å². The van der Waals surface area contributed by atoms with Crippen molar-refractivity contribution in [3.8, 4) is 0 Å². The molecule has 0 aromatic heterocycles. The Morgan fingerprint density at radius 1 is 1.35 bits per heavy atom. The zero-order chi connectivity index (χ0) is 13.0. The smallest absolute Gasteiger partial charge is 0.239 e. The van der Waals surface area contributed by atoms with E-state index in [9.17, 15) is 9.18 Å². The zero-order valence-electron chi connectivity index (χ0n) is 10.5. The number of carbonyl (C=O) groups is 1. The highest BCUT2D eigenvalue weighted by Crippen LogP contribution is 2.13. The van der Waals surface area contributed by atoms with Crippen molar-refractivity contribution < 1.29 is 9.18 Å². The third kappa shape index (κ3) is 3.53. The maximum Gasteiger partial charge on any atom is 0.239 e. The Bertz CT molecular complexity index is 391. The number of amides is 1. The van der Waals surface area contributed by atoms with Gasteiger partial charge in [0.05, 0.1) is 6.04 Å². The average Bonchev–Trinajstić information content (AvgIpc) is 2.26. The highest BCUT2D eigenvalue weighted by Gasteiger charge is 2.21. The first-order chi connectivity index (χ1) is 7.93. The Morgan fingerprint density at radius 2 is 1.94 bits per heavy atom. The van der Waals surface area contributed by atoms with Crippen LogP contribution in [-0.4, -0.2) is 22.9 Å². The molecule has 0 bridgehead atoms. The monoisotopic (exact) mass is 238 g/mol. The molecule has 1 aromatic rings. The van der Waals surface area contributed by atoms with Crippen LogP contribution in [0.15, 0.2) is 24.3 Å². The Kier molecular flexibility index (Phi) is 4.63. The highest BCUT2D eigenvalue weighted by molar-refractivity contribution is 5.81. The maximum atomic E-state index is 13.5. The molecule has 0 saturated carbocycles. The Balaban J connectivity index is 2.88. The molecule has 0 fully saturated rings. The van der Waals surface area contributed by atoms with E-state index in [0.29, 0.717) is 5.56 Å². The lowest BCUT2D eigenvalue weighted by atomic mass is 10.1. The van der Waals surface area contributed by atoms with Gasteiger partial charge in [-0.25, -0.2) is 4.39 Å². The molecule has 1 unspecified atom stereocenters. The van der Waals surface area contributed by atoms with Crippen molar-refractivity contribution in [1.29, 1.82) is 0 Å². The van der Waals surface area contributed by atoms with Crippen molar-refractivity contribution in [2.75, 3.05) is 0 Å². The van der Waals surface area contributed by atoms with E-state index in [2.05, 4.69) is 0 Å². The van der Waals surface area contributed by atoms with Crippen molar-refractivity contribution in [1.82, 2.24) is 4.90 Å². The van der Waals surface area contributed by atoms with Crippen molar-refractivity contribution >= 4 is 5.91 Å². The number of halogens is 1. The second-order valence-electron chi connectivity index (χ2n) is 4.44. The van der Waals surface area contributed by atoms with Crippen LogP contribution >= 0.6 is 0 Å². The van der Waals surface area contributed by atoms with Gasteiger partial charge < -0.3 is 10.6 Å². The molecule has 0 heterocycles. The van der Waals surface area contributed by atoms with E-state index < -0.39 is 6.04 Å². The van der Waals surface area contributed by atoms with Crippen molar-refractivity contribution in [2.45, 2.75) is 39.4 Å². The quantitative estimate of drug-likeness (QED) is 0.871. The number of nitrogens with two attached hydrogens (primary N) is 1. The summed E-state index contributed by atoms with van der Waals surface area (Å²) in [5.74, 6) is -0.459. The lowest BCUT2D eigenvalue weighted by molar-refractivity contribution is -0.134. The first-order valence-corrected chi connectivity index (χ1v) is 5.73. The lowest BCUT2D eigenvalue weighted by Crippen LogP contribution is -2.45. The van der Waals surface area contributed by atoms with Crippen LogP contribution < -0.4 is 5.73 Å². The van der Waals surface area contributed by atoms with Crippen molar-refractivity contribution in [2.24, 2.45) is 5.73 Å². The molecule has 17 heavy (non-hydrogen) atoms. The van der Waals surface area contributed by atoms with Gasteiger partial charge in [-0.15, -0.1) is 0 Å². The summed E-state index contributed by atoms with van der Waals surface area (Å²) in [5, 5.41) is 0. The van der Waals surface area contributed by atoms with Gasteiger partial charge >= 0.3 is 0 Å². The number of nitrogens with zero attached hydrogens (tertiary/aromatic N) is 1. The molecule has 1 aromatic carbocycles. The maximum absolute atomic E-state index is 13.5. The molecule has 0 aliphatic heterocycles. The standard InChI is InChI=1S/C13H19FN2O/c1-9(2)16(13(17)10(3)15)8-11-6-4-5-7-12(11)14/h4-7,9-10H,8,15H2,1-3H3. The second-order valence-corrected chi connectivity index (χ2v) is 4.44. The van der Waals surface area contributed by atoms with E-state index >= 15 is 0 Å². The largest absolute Gasteiger partial charge is 0.334 e. The fourth-order valence-corrected chi connectivity index (χ4v) is 1.59. The van der Waals surface area contributed by atoms with E-state index in [4.69, 9.17) is 5.73 Å². The summed E-state index contributed by atoms with van der Waals surface area (Å²) in [6.45, 7) is 5.67. The minimum Gasteiger partial charge on any atom is -0.334 e. The predicted octanol–water partition coefficient (Wildman–Crippen LogP) is 1.91. The summed E-state index contributed by atoms with van der Waals surface area (Å²) in [4.78, 5) is 13.5. The first kappa shape index (κ1) is 13.6. The van der Waals surface area contributed by atoms with Crippen LogP contribution in [0.25, 0.3) is 0 Å². The molecule has 0 aliphatic carbocycles. The second kappa shape index (κ2) is 5.77.